The largest absolute Gasteiger partial charge is 0.465 e. The number of ether oxygens (including phenoxy) is 1. The molecule has 1 heterocycles. The maximum atomic E-state index is 11.3. The molecule has 0 saturated carbocycles. The molecule has 0 radical (unpaired) electrons. The highest BCUT2D eigenvalue weighted by Gasteiger charge is 2.07. The van der Waals surface area contributed by atoms with Gasteiger partial charge in [0.25, 0.3) is 0 Å². The van der Waals surface area contributed by atoms with Gasteiger partial charge in [-0.2, -0.15) is 0 Å². The molecule has 0 fully saturated rings. The molecule has 0 aliphatic rings. The number of carbonyl (C=O) groups excluding carboxylic acids is 1. The summed E-state index contributed by atoms with van der Waals surface area (Å²) in [7, 11) is 1.37. The van der Waals surface area contributed by atoms with E-state index in [1.807, 2.05) is 6.07 Å². The van der Waals surface area contributed by atoms with E-state index >= 15 is 0 Å². The topological polar surface area (TPSA) is 51.2 Å². The van der Waals surface area contributed by atoms with Crippen LogP contribution < -0.4 is 5.32 Å². The monoisotopic (exact) mass is 264 g/mol. The number of nitrogens with zero attached hydrogens (tertiary/aromatic N) is 1. The number of hydrogen-bond donors (Lipinski definition) is 1. The van der Waals surface area contributed by atoms with Crippen molar-refractivity contribution in [2.45, 2.75) is 46.2 Å². The molecule has 19 heavy (non-hydrogen) atoms. The van der Waals surface area contributed by atoms with E-state index in [-0.39, 0.29) is 5.97 Å². The number of rotatable bonds is 7. The third-order valence-electron chi connectivity index (χ3n) is 3.05. The summed E-state index contributed by atoms with van der Waals surface area (Å²) in [6.07, 6.45) is 3.95. The molecular formula is C15H24N2O2. The molecule has 0 bridgehead atoms. The second-order valence-corrected chi connectivity index (χ2v) is 5.28. The van der Waals surface area contributed by atoms with Gasteiger partial charge in [-0.25, -0.2) is 4.79 Å². The van der Waals surface area contributed by atoms with Crippen LogP contribution in [-0.2, 0) is 11.3 Å². The van der Waals surface area contributed by atoms with Gasteiger partial charge in [0, 0.05) is 18.8 Å². The number of carbonyl (C=O) groups is 1. The van der Waals surface area contributed by atoms with Crippen molar-refractivity contribution in [3.8, 4) is 0 Å². The second kappa shape index (κ2) is 7.89. The SMILES string of the molecule is COC(=O)c1ccc(CNC(C)CCC(C)C)nc1. The summed E-state index contributed by atoms with van der Waals surface area (Å²) in [6, 6.07) is 4.08. The van der Waals surface area contributed by atoms with Gasteiger partial charge in [0.2, 0.25) is 0 Å². The lowest BCUT2D eigenvalue weighted by molar-refractivity contribution is 0.0600. The van der Waals surface area contributed by atoms with Gasteiger partial charge < -0.3 is 10.1 Å². The summed E-state index contributed by atoms with van der Waals surface area (Å²) in [5.74, 6) is 0.388. The normalized spacial score (nSPS) is 12.5. The molecule has 0 saturated heterocycles. The van der Waals surface area contributed by atoms with Crippen LogP contribution in [0.4, 0.5) is 0 Å². The average molecular weight is 264 g/mol. The molecule has 106 valence electrons. The first-order valence-electron chi connectivity index (χ1n) is 6.79. The van der Waals surface area contributed by atoms with E-state index in [2.05, 4.69) is 35.8 Å². The average Bonchev–Trinajstić information content (AvgIpc) is 2.42. The van der Waals surface area contributed by atoms with Crippen molar-refractivity contribution < 1.29 is 9.53 Å². The first-order chi connectivity index (χ1) is 9.02. The van der Waals surface area contributed by atoms with Crippen LogP contribution in [0.5, 0.6) is 0 Å². The Morgan fingerprint density at radius 1 is 1.32 bits per heavy atom. The maximum Gasteiger partial charge on any atom is 0.339 e. The quantitative estimate of drug-likeness (QED) is 0.769. The Kier molecular flexibility index (Phi) is 6.50. The van der Waals surface area contributed by atoms with Crippen molar-refractivity contribution in [1.29, 1.82) is 0 Å². The van der Waals surface area contributed by atoms with E-state index in [0.29, 0.717) is 11.6 Å². The number of methoxy groups -OCH3 is 1. The van der Waals surface area contributed by atoms with Crippen molar-refractivity contribution in [1.82, 2.24) is 10.3 Å². The highest BCUT2D eigenvalue weighted by molar-refractivity contribution is 5.88. The zero-order valence-corrected chi connectivity index (χ0v) is 12.3. The summed E-state index contributed by atoms with van der Waals surface area (Å²) in [5, 5.41) is 3.44. The Bertz CT molecular complexity index is 388. The van der Waals surface area contributed by atoms with Crippen molar-refractivity contribution >= 4 is 5.97 Å². The van der Waals surface area contributed by atoms with Gasteiger partial charge in [0.05, 0.1) is 18.4 Å². The van der Waals surface area contributed by atoms with E-state index in [1.54, 1.807) is 12.3 Å². The van der Waals surface area contributed by atoms with E-state index in [9.17, 15) is 4.79 Å². The smallest absolute Gasteiger partial charge is 0.339 e. The molecule has 1 atom stereocenters. The summed E-state index contributed by atoms with van der Waals surface area (Å²) in [6.45, 7) is 7.38. The summed E-state index contributed by atoms with van der Waals surface area (Å²) in [4.78, 5) is 15.5. The summed E-state index contributed by atoms with van der Waals surface area (Å²) in [5.41, 5.74) is 1.42. The standard InChI is InChI=1S/C15H24N2O2/c1-11(2)5-6-12(3)16-10-14-8-7-13(9-17-14)15(18)19-4/h7-9,11-12,16H,5-6,10H2,1-4H3. The van der Waals surface area contributed by atoms with Gasteiger partial charge in [0.1, 0.15) is 0 Å². The second-order valence-electron chi connectivity index (χ2n) is 5.28. The highest BCUT2D eigenvalue weighted by atomic mass is 16.5. The fraction of sp³-hybridized carbons (Fsp3) is 0.600. The third kappa shape index (κ3) is 5.83. The first-order valence-corrected chi connectivity index (χ1v) is 6.79. The number of nitrogens with one attached hydrogen (secondary N) is 1. The van der Waals surface area contributed by atoms with E-state index in [0.717, 1.165) is 24.6 Å². The minimum absolute atomic E-state index is 0.350. The molecule has 1 aromatic heterocycles. The minimum Gasteiger partial charge on any atom is -0.465 e. The van der Waals surface area contributed by atoms with Gasteiger partial charge in [-0.05, 0) is 37.8 Å². The number of pyridine rings is 1. The van der Waals surface area contributed by atoms with Gasteiger partial charge in [-0.15, -0.1) is 0 Å². The zero-order valence-electron chi connectivity index (χ0n) is 12.3. The Morgan fingerprint density at radius 3 is 2.58 bits per heavy atom. The first kappa shape index (κ1) is 15.6. The van der Waals surface area contributed by atoms with Gasteiger partial charge in [0.15, 0.2) is 0 Å². The predicted molar refractivity (Wildman–Crippen MR) is 76.0 cm³/mol. The van der Waals surface area contributed by atoms with Crippen molar-refractivity contribution in [3.05, 3.63) is 29.6 Å². The Morgan fingerprint density at radius 2 is 2.05 bits per heavy atom. The number of hydrogen-bond acceptors (Lipinski definition) is 4. The summed E-state index contributed by atoms with van der Waals surface area (Å²) >= 11 is 0. The van der Waals surface area contributed by atoms with Crippen LogP contribution in [0, 0.1) is 5.92 Å². The Hall–Kier alpha value is -1.42. The van der Waals surface area contributed by atoms with Crippen LogP contribution in [-0.4, -0.2) is 24.1 Å². The zero-order chi connectivity index (χ0) is 14.3. The molecule has 1 unspecified atom stereocenters. The molecule has 0 aliphatic carbocycles. The van der Waals surface area contributed by atoms with Crippen molar-refractivity contribution in [2.75, 3.05) is 7.11 Å². The predicted octanol–water partition coefficient (Wildman–Crippen LogP) is 2.78. The lowest BCUT2D eigenvalue weighted by Crippen LogP contribution is -2.26. The van der Waals surface area contributed by atoms with Crippen LogP contribution in [0.15, 0.2) is 18.3 Å². The summed E-state index contributed by atoms with van der Waals surface area (Å²) < 4.78 is 4.63. The van der Waals surface area contributed by atoms with E-state index < -0.39 is 0 Å². The molecule has 1 aromatic rings. The Labute approximate surface area is 115 Å². The lowest BCUT2D eigenvalue weighted by atomic mass is 10.0. The fourth-order valence-corrected chi connectivity index (χ4v) is 1.73. The molecule has 0 spiro atoms. The lowest BCUT2D eigenvalue weighted by Gasteiger charge is -2.14. The fourth-order valence-electron chi connectivity index (χ4n) is 1.73. The van der Waals surface area contributed by atoms with Gasteiger partial charge >= 0.3 is 5.97 Å². The van der Waals surface area contributed by atoms with Crippen LogP contribution in [0.25, 0.3) is 0 Å². The van der Waals surface area contributed by atoms with Crippen molar-refractivity contribution in [2.24, 2.45) is 5.92 Å². The van der Waals surface area contributed by atoms with Crippen LogP contribution in [0.1, 0.15) is 49.7 Å². The molecular weight excluding hydrogens is 240 g/mol. The minimum atomic E-state index is -0.350. The molecule has 0 aliphatic heterocycles. The molecule has 1 N–H and O–H groups in total. The molecule has 0 aromatic carbocycles. The van der Waals surface area contributed by atoms with Crippen LogP contribution in [0.3, 0.4) is 0 Å². The van der Waals surface area contributed by atoms with Gasteiger partial charge in [-0.3, -0.25) is 4.98 Å². The van der Waals surface area contributed by atoms with E-state index in [4.69, 9.17) is 0 Å². The molecule has 1 rings (SSSR count). The van der Waals surface area contributed by atoms with E-state index in [1.165, 1.54) is 13.5 Å². The maximum absolute atomic E-state index is 11.3. The third-order valence-corrected chi connectivity index (χ3v) is 3.05. The van der Waals surface area contributed by atoms with Gasteiger partial charge in [-0.1, -0.05) is 13.8 Å². The molecule has 0 amide bonds. The Balaban J connectivity index is 2.39. The highest BCUT2D eigenvalue weighted by Crippen LogP contribution is 2.07. The molecule has 4 nitrogen and oxygen atoms in total. The van der Waals surface area contributed by atoms with Crippen LogP contribution in [0.2, 0.25) is 0 Å². The number of esters is 1. The van der Waals surface area contributed by atoms with Crippen molar-refractivity contribution in [3.63, 3.8) is 0 Å². The number of aromatic nitrogens is 1. The van der Waals surface area contributed by atoms with Crippen LogP contribution >= 0.6 is 0 Å². The molecule has 4 heteroatoms.